The predicted octanol–water partition coefficient (Wildman–Crippen LogP) is 4.06. The first-order valence-electron chi connectivity index (χ1n) is 8.89. The van der Waals surface area contributed by atoms with Crippen molar-refractivity contribution in [2.45, 2.75) is 19.2 Å². The molecule has 144 valence electrons. The lowest BCUT2D eigenvalue weighted by molar-refractivity contribution is -0.116. The molecule has 6 heteroatoms. The highest BCUT2D eigenvalue weighted by molar-refractivity contribution is 6.32. The number of anilines is 2. The van der Waals surface area contributed by atoms with E-state index in [0.29, 0.717) is 23.7 Å². The van der Waals surface area contributed by atoms with Crippen LogP contribution in [0, 0.1) is 5.92 Å². The molecule has 0 aliphatic rings. The van der Waals surface area contributed by atoms with Gasteiger partial charge in [-0.15, -0.1) is 11.6 Å². The molecule has 0 aliphatic heterocycles. The summed E-state index contributed by atoms with van der Waals surface area (Å²) in [5.41, 5.74) is 2.53. The van der Waals surface area contributed by atoms with Crippen molar-refractivity contribution in [1.82, 2.24) is 5.32 Å². The van der Waals surface area contributed by atoms with Gasteiger partial charge >= 0.3 is 0 Å². The normalized spacial score (nSPS) is 11.8. The average molecular weight is 388 g/mol. The molecule has 1 atom stereocenters. The van der Waals surface area contributed by atoms with E-state index < -0.39 is 5.38 Å². The van der Waals surface area contributed by atoms with Gasteiger partial charge in [-0.2, -0.15) is 0 Å². The zero-order chi connectivity index (χ0) is 20.0. The lowest BCUT2D eigenvalue weighted by Crippen LogP contribution is -2.29. The molecule has 2 rings (SSSR count). The van der Waals surface area contributed by atoms with Crippen LogP contribution in [0.1, 0.15) is 35.1 Å². The third kappa shape index (κ3) is 5.73. The Morgan fingerprint density at radius 3 is 2.33 bits per heavy atom. The maximum atomic E-state index is 12.6. The van der Waals surface area contributed by atoms with Gasteiger partial charge in [0.05, 0.1) is 5.56 Å². The molecule has 0 saturated carbocycles. The largest absolute Gasteiger partial charge is 0.377 e. The van der Waals surface area contributed by atoms with Crippen molar-refractivity contribution in [2.24, 2.45) is 5.92 Å². The summed E-state index contributed by atoms with van der Waals surface area (Å²) in [5, 5.41) is 4.91. The summed E-state index contributed by atoms with van der Waals surface area (Å²) in [6, 6.07) is 14.4. The summed E-state index contributed by atoms with van der Waals surface area (Å²) in [4.78, 5) is 26.9. The van der Waals surface area contributed by atoms with E-state index in [4.69, 9.17) is 11.6 Å². The molecule has 1 unspecified atom stereocenters. The fourth-order valence-corrected chi connectivity index (χ4v) is 2.76. The van der Waals surface area contributed by atoms with Crippen molar-refractivity contribution in [2.75, 3.05) is 30.9 Å². The molecule has 5 nitrogen and oxygen atoms in total. The first kappa shape index (κ1) is 20.8. The number of halogens is 1. The van der Waals surface area contributed by atoms with E-state index in [1.54, 1.807) is 24.3 Å². The lowest BCUT2D eigenvalue weighted by atomic mass is 10.1. The fraction of sp³-hybridized carbons (Fsp3) is 0.333. The summed E-state index contributed by atoms with van der Waals surface area (Å²) >= 11 is 6.28. The number of hydrogen-bond acceptors (Lipinski definition) is 3. The molecule has 2 aromatic carbocycles. The van der Waals surface area contributed by atoms with Gasteiger partial charge in [-0.3, -0.25) is 9.59 Å². The number of carbonyl (C=O) groups is 2. The minimum Gasteiger partial charge on any atom is -0.377 e. The van der Waals surface area contributed by atoms with E-state index >= 15 is 0 Å². The van der Waals surface area contributed by atoms with Crippen LogP contribution in [-0.2, 0) is 4.79 Å². The van der Waals surface area contributed by atoms with Crippen molar-refractivity contribution in [1.29, 1.82) is 0 Å². The van der Waals surface area contributed by atoms with Crippen LogP contribution in [0.5, 0.6) is 0 Å². The second-order valence-electron chi connectivity index (χ2n) is 6.99. The van der Waals surface area contributed by atoms with E-state index in [9.17, 15) is 9.59 Å². The lowest BCUT2D eigenvalue weighted by Gasteiger charge is -2.19. The molecule has 0 spiro atoms. The number of alkyl halides is 1. The summed E-state index contributed by atoms with van der Waals surface area (Å²) in [7, 11) is 3.74. The molecule has 2 amide bonds. The number of amides is 2. The van der Waals surface area contributed by atoms with Gasteiger partial charge in [-0.1, -0.05) is 44.2 Å². The van der Waals surface area contributed by atoms with Crippen LogP contribution in [0.3, 0.4) is 0 Å². The predicted molar refractivity (Wildman–Crippen MR) is 112 cm³/mol. The highest BCUT2D eigenvalue weighted by atomic mass is 35.5. The highest BCUT2D eigenvalue weighted by Crippen LogP contribution is 2.26. The van der Waals surface area contributed by atoms with Gasteiger partial charge in [-0.25, -0.2) is 0 Å². The van der Waals surface area contributed by atoms with E-state index in [1.807, 2.05) is 57.1 Å². The molecule has 0 aliphatic carbocycles. The zero-order valence-electron chi connectivity index (χ0n) is 16.1. The summed E-state index contributed by atoms with van der Waals surface area (Å²) < 4.78 is 0. The van der Waals surface area contributed by atoms with Crippen LogP contribution >= 0.6 is 11.6 Å². The second kappa shape index (κ2) is 9.42. The number of rotatable bonds is 7. The van der Waals surface area contributed by atoms with Gasteiger partial charge in [0.2, 0.25) is 5.91 Å². The Kier molecular flexibility index (Phi) is 7.25. The van der Waals surface area contributed by atoms with E-state index in [0.717, 1.165) is 11.3 Å². The Balaban J connectivity index is 2.21. The minimum absolute atomic E-state index is 0.172. The fourth-order valence-electron chi connectivity index (χ4n) is 2.56. The van der Waals surface area contributed by atoms with E-state index in [1.165, 1.54) is 0 Å². The van der Waals surface area contributed by atoms with Gasteiger partial charge in [0.25, 0.3) is 5.91 Å². The van der Waals surface area contributed by atoms with Crippen LogP contribution in [0.2, 0.25) is 0 Å². The smallest absolute Gasteiger partial charge is 0.253 e. The van der Waals surface area contributed by atoms with Crippen LogP contribution in [0.15, 0.2) is 48.5 Å². The highest BCUT2D eigenvalue weighted by Gasteiger charge is 2.19. The van der Waals surface area contributed by atoms with Crippen molar-refractivity contribution in [3.63, 3.8) is 0 Å². The van der Waals surface area contributed by atoms with Crippen molar-refractivity contribution in [3.05, 3.63) is 59.7 Å². The van der Waals surface area contributed by atoms with Gasteiger partial charge in [0, 0.05) is 32.0 Å². The molecule has 2 N–H and O–H groups in total. The van der Waals surface area contributed by atoms with Crippen LogP contribution in [0.25, 0.3) is 0 Å². The van der Waals surface area contributed by atoms with Crippen molar-refractivity contribution in [3.8, 4) is 0 Å². The standard InChI is InChI=1S/C21H26ClN3O2/c1-14(2)13-23-20(26)17-12-16(10-11-18(17)25(3)4)24-21(27)19(22)15-8-6-5-7-9-15/h5-12,14,19H,13H2,1-4H3,(H,23,26)(H,24,27). The molecule has 0 saturated heterocycles. The Morgan fingerprint density at radius 2 is 1.74 bits per heavy atom. The third-order valence-electron chi connectivity index (χ3n) is 3.98. The summed E-state index contributed by atoms with van der Waals surface area (Å²) in [5.74, 6) is -0.162. The summed E-state index contributed by atoms with van der Waals surface area (Å²) in [6.07, 6.45) is 0. The molecular weight excluding hydrogens is 362 g/mol. The van der Waals surface area contributed by atoms with Crippen molar-refractivity contribution < 1.29 is 9.59 Å². The average Bonchev–Trinajstić information content (AvgIpc) is 2.65. The summed E-state index contributed by atoms with van der Waals surface area (Å²) in [6.45, 7) is 4.65. The number of hydrogen-bond donors (Lipinski definition) is 2. The number of carbonyl (C=O) groups excluding carboxylic acids is 2. The maximum absolute atomic E-state index is 12.6. The molecule has 0 bridgehead atoms. The first-order valence-corrected chi connectivity index (χ1v) is 9.32. The van der Waals surface area contributed by atoms with Gasteiger partial charge in [0.1, 0.15) is 5.38 Å². The Morgan fingerprint density at radius 1 is 1.07 bits per heavy atom. The Labute approximate surface area is 165 Å². The zero-order valence-corrected chi connectivity index (χ0v) is 16.9. The third-order valence-corrected chi connectivity index (χ3v) is 4.43. The van der Waals surface area contributed by atoms with Gasteiger partial charge in [0.15, 0.2) is 0 Å². The van der Waals surface area contributed by atoms with Crippen LogP contribution in [-0.4, -0.2) is 32.5 Å². The molecule has 0 fully saturated rings. The number of nitrogens with one attached hydrogen (secondary N) is 2. The molecule has 2 aromatic rings. The SMILES string of the molecule is CC(C)CNC(=O)c1cc(NC(=O)C(Cl)c2ccccc2)ccc1N(C)C. The quantitative estimate of drug-likeness (QED) is 0.704. The number of benzene rings is 2. The first-order chi connectivity index (χ1) is 12.8. The number of nitrogens with zero attached hydrogens (tertiary/aromatic N) is 1. The van der Waals surface area contributed by atoms with E-state index in [-0.39, 0.29) is 11.8 Å². The van der Waals surface area contributed by atoms with Crippen molar-refractivity contribution >= 4 is 34.8 Å². The molecule has 0 radical (unpaired) electrons. The molecular formula is C21H26ClN3O2. The molecule has 27 heavy (non-hydrogen) atoms. The van der Waals surface area contributed by atoms with Gasteiger partial charge in [-0.05, 0) is 29.7 Å². The molecule has 0 aromatic heterocycles. The van der Waals surface area contributed by atoms with Crippen LogP contribution in [0.4, 0.5) is 11.4 Å². The topological polar surface area (TPSA) is 61.4 Å². The van der Waals surface area contributed by atoms with Gasteiger partial charge < -0.3 is 15.5 Å². The maximum Gasteiger partial charge on any atom is 0.253 e. The molecule has 0 heterocycles. The van der Waals surface area contributed by atoms with E-state index in [2.05, 4.69) is 10.6 Å². The monoisotopic (exact) mass is 387 g/mol. The van der Waals surface area contributed by atoms with Crippen LogP contribution < -0.4 is 15.5 Å². The Hall–Kier alpha value is -2.53. The Bertz CT molecular complexity index is 791. The second-order valence-corrected chi connectivity index (χ2v) is 7.43. The minimum atomic E-state index is -0.807.